The van der Waals surface area contributed by atoms with E-state index < -0.39 is 0 Å². The predicted octanol–water partition coefficient (Wildman–Crippen LogP) is 1.04. The molecule has 3 aliphatic rings. The van der Waals surface area contributed by atoms with Crippen LogP contribution in [0.4, 0.5) is 0 Å². The monoisotopic (exact) mass is 161 g/mol. The lowest BCUT2D eigenvalue weighted by atomic mass is 10.1. The molecule has 0 N–H and O–H groups in total. The molecule has 0 aliphatic carbocycles. The van der Waals surface area contributed by atoms with E-state index in [4.69, 9.17) is 0 Å². The average Bonchev–Trinajstić information content (AvgIpc) is 1.85. The topological polar surface area (TPSA) is 3.24 Å². The summed E-state index contributed by atoms with van der Waals surface area (Å²) in [4.78, 5) is 3.20. The fraction of sp³-hybridized carbons (Fsp3) is 1.00. The van der Waals surface area contributed by atoms with Crippen molar-refractivity contribution in [3.63, 3.8) is 0 Å². The summed E-state index contributed by atoms with van der Waals surface area (Å²) in [6.07, 6.45) is 1.39. The standard InChI is InChI=1S/C5H8BrN/c6-5-1-4-2-7(5)3-4/h4-5H,1-3H2. The summed E-state index contributed by atoms with van der Waals surface area (Å²) >= 11 is 3.57. The molecular weight excluding hydrogens is 154 g/mol. The van der Waals surface area contributed by atoms with Gasteiger partial charge in [-0.25, -0.2) is 0 Å². The largest absolute Gasteiger partial charge is 0.290 e. The number of alkyl halides is 1. The first kappa shape index (κ1) is 4.33. The number of halogens is 1. The molecule has 0 aromatic carbocycles. The second kappa shape index (κ2) is 1.23. The Bertz CT molecular complexity index is 88.1. The highest BCUT2D eigenvalue weighted by Gasteiger charge is 2.40. The number of rotatable bonds is 0. The van der Waals surface area contributed by atoms with Crippen molar-refractivity contribution in [3.8, 4) is 0 Å². The molecule has 3 fully saturated rings. The summed E-state index contributed by atoms with van der Waals surface area (Å²) in [7, 11) is 0. The first-order valence-corrected chi connectivity index (χ1v) is 3.66. The third-order valence-electron chi connectivity index (χ3n) is 1.91. The molecule has 1 nitrogen and oxygen atoms in total. The van der Waals surface area contributed by atoms with Gasteiger partial charge in [-0.1, -0.05) is 15.9 Å². The molecule has 0 aromatic heterocycles. The predicted molar refractivity (Wildman–Crippen MR) is 32.4 cm³/mol. The zero-order valence-electron chi connectivity index (χ0n) is 4.10. The van der Waals surface area contributed by atoms with Gasteiger partial charge in [-0.2, -0.15) is 0 Å². The molecule has 0 amide bonds. The Hall–Kier alpha value is 0.440. The lowest BCUT2D eigenvalue weighted by molar-refractivity contribution is 0.203. The minimum Gasteiger partial charge on any atom is -0.290 e. The van der Waals surface area contributed by atoms with Crippen molar-refractivity contribution in [2.45, 2.75) is 11.4 Å². The maximum Gasteiger partial charge on any atom is 0.0659 e. The van der Waals surface area contributed by atoms with E-state index in [2.05, 4.69) is 20.8 Å². The minimum atomic E-state index is 0.734. The lowest BCUT2D eigenvalue weighted by Gasteiger charge is -2.27. The molecule has 0 saturated carbocycles. The zero-order valence-corrected chi connectivity index (χ0v) is 5.69. The molecule has 3 rings (SSSR count). The maximum absolute atomic E-state index is 3.57. The van der Waals surface area contributed by atoms with Crippen molar-refractivity contribution >= 4 is 15.9 Å². The van der Waals surface area contributed by atoms with Crippen LogP contribution in [0.5, 0.6) is 0 Å². The molecule has 3 aliphatic heterocycles. The molecule has 0 spiro atoms. The van der Waals surface area contributed by atoms with Crippen LogP contribution in [0, 0.1) is 5.92 Å². The van der Waals surface area contributed by atoms with Gasteiger partial charge in [0, 0.05) is 13.1 Å². The van der Waals surface area contributed by atoms with Gasteiger partial charge in [-0.05, 0) is 12.3 Å². The second-order valence-electron chi connectivity index (χ2n) is 2.49. The Morgan fingerprint density at radius 2 is 2.14 bits per heavy atom. The van der Waals surface area contributed by atoms with Crippen LogP contribution >= 0.6 is 15.9 Å². The van der Waals surface area contributed by atoms with E-state index in [0.717, 1.165) is 10.9 Å². The molecular formula is C5H8BrN. The second-order valence-corrected chi connectivity index (χ2v) is 3.55. The van der Waals surface area contributed by atoms with Crippen LogP contribution in [0.1, 0.15) is 6.42 Å². The molecule has 0 radical (unpaired) electrons. The van der Waals surface area contributed by atoms with Gasteiger partial charge >= 0.3 is 0 Å². The van der Waals surface area contributed by atoms with E-state index in [0.29, 0.717) is 0 Å². The molecule has 1 atom stereocenters. The summed E-state index contributed by atoms with van der Waals surface area (Å²) in [5.74, 6) is 1.05. The Balaban J connectivity index is 2.13. The number of fused-ring (bicyclic) bond motifs is 1. The van der Waals surface area contributed by atoms with Crippen LogP contribution in [-0.4, -0.2) is 22.9 Å². The Morgan fingerprint density at radius 3 is 2.29 bits per heavy atom. The number of nitrogens with zero attached hydrogens (tertiary/aromatic N) is 1. The molecule has 2 bridgehead atoms. The molecule has 3 heterocycles. The van der Waals surface area contributed by atoms with E-state index in [9.17, 15) is 0 Å². The van der Waals surface area contributed by atoms with Crippen LogP contribution < -0.4 is 0 Å². The van der Waals surface area contributed by atoms with E-state index in [1.54, 1.807) is 0 Å². The van der Waals surface area contributed by atoms with E-state index in [-0.39, 0.29) is 0 Å². The summed E-state index contributed by atoms with van der Waals surface area (Å²) < 4.78 is 0. The van der Waals surface area contributed by atoms with E-state index >= 15 is 0 Å². The molecule has 0 aromatic rings. The third-order valence-corrected chi connectivity index (χ3v) is 2.86. The van der Waals surface area contributed by atoms with Crippen LogP contribution in [-0.2, 0) is 0 Å². The quantitative estimate of drug-likeness (QED) is 0.380. The van der Waals surface area contributed by atoms with Crippen molar-refractivity contribution in [2.75, 3.05) is 13.1 Å². The Morgan fingerprint density at radius 1 is 1.43 bits per heavy atom. The van der Waals surface area contributed by atoms with Gasteiger partial charge in [0.05, 0.1) is 4.95 Å². The van der Waals surface area contributed by atoms with Gasteiger partial charge in [0.25, 0.3) is 0 Å². The molecule has 40 valence electrons. The van der Waals surface area contributed by atoms with Gasteiger partial charge in [0.1, 0.15) is 0 Å². The average molecular weight is 162 g/mol. The Labute approximate surface area is 51.8 Å². The van der Waals surface area contributed by atoms with Crippen molar-refractivity contribution in [2.24, 2.45) is 5.92 Å². The smallest absolute Gasteiger partial charge is 0.0659 e. The highest BCUT2D eigenvalue weighted by molar-refractivity contribution is 9.09. The molecule has 1 unspecified atom stereocenters. The van der Waals surface area contributed by atoms with Crippen LogP contribution in [0.15, 0.2) is 0 Å². The van der Waals surface area contributed by atoms with Crippen molar-refractivity contribution in [1.29, 1.82) is 0 Å². The first-order valence-electron chi connectivity index (χ1n) is 2.74. The van der Waals surface area contributed by atoms with Gasteiger partial charge in [0.15, 0.2) is 0 Å². The molecule has 7 heavy (non-hydrogen) atoms. The van der Waals surface area contributed by atoms with Crippen LogP contribution in [0.3, 0.4) is 0 Å². The highest BCUT2D eigenvalue weighted by Crippen LogP contribution is 2.36. The van der Waals surface area contributed by atoms with Crippen molar-refractivity contribution < 1.29 is 0 Å². The normalized spacial score (nSPS) is 57.0. The summed E-state index contributed by atoms with van der Waals surface area (Å²) in [5.41, 5.74) is 0. The van der Waals surface area contributed by atoms with Crippen molar-refractivity contribution in [3.05, 3.63) is 0 Å². The third kappa shape index (κ3) is 0.470. The SMILES string of the molecule is BrC1CC2CN1C2. The Kier molecular flexibility index (Phi) is 0.762. The van der Waals surface area contributed by atoms with E-state index in [1.165, 1.54) is 19.5 Å². The van der Waals surface area contributed by atoms with Crippen LogP contribution in [0.25, 0.3) is 0 Å². The van der Waals surface area contributed by atoms with Gasteiger partial charge in [-0.15, -0.1) is 0 Å². The maximum atomic E-state index is 3.57. The highest BCUT2D eigenvalue weighted by atomic mass is 79.9. The lowest BCUT2D eigenvalue weighted by Crippen LogP contribution is -2.37. The van der Waals surface area contributed by atoms with Crippen LogP contribution in [0.2, 0.25) is 0 Å². The first-order chi connectivity index (χ1) is 3.36. The number of hydrogen-bond acceptors (Lipinski definition) is 1. The molecule has 2 heteroatoms. The van der Waals surface area contributed by atoms with E-state index in [1.807, 2.05) is 0 Å². The minimum absolute atomic E-state index is 0.734. The summed E-state index contributed by atoms with van der Waals surface area (Å²) in [6, 6.07) is 0. The summed E-state index contributed by atoms with van der Waals surface area (Å²) in [6.45, 7) is 2.71. The van der Waals surface area contributed by atoms with Gasteiger partial charge < -0.3 is 0 Å². The number of hydrogen-bond donors (Lipinski definition) is 0. The zero-order chi connectivity index (χ0) is 4.85. The fourth-order valence-corrected chi connectivity index (χ4v) is 2.27. The summed E-state index contributed by atoms with van der Waals surface area (Å²) in [5, 5.41) is 0. The van der Waals surface area contributed by atoms with Crippen molar-refractivity contribution in [1.82, 2.24) is 4.90 Å². The van der Waals surface area contributed by atoms with Gasteiger partial charge in [0.2, 0.25) is 0 Å². The van der Waals surface area contributed by atoms with Gasteiger partial charge in [-0.3, -0.25) is 4.90 Å². The fourth-order valence-electron chi connectivity index (χ4n) is 1.41. The molecule has 3 saturated heterocycles.